The van der Waals surface area contributed by atoms with Crippen molar-refractivity contribution in [1.82, 2.24) is 4.98 Å². The van der Waals surface area contributed by atoms with Crippen LogP contribution in [0.15, 0.2) is 218 Å². The van der Waals surface area contributed by atoms with E-state index in [2.05, 4.69) is 277 Å². The number of aryl methyl sites for hydroxylation is 1. The van der Waals surface area contributed by atoms with Gasteiger partial charge in [-0.15, -0.1) is 47.9 Å². The van der Waals surface area contributed by atoms with Crippen molar-refractivity contribution < 1.29 is 32.7 Å². The van der Waals surface area contributed by atoms with E-state index in [4.69, 9.17) is 13.8 Å². The zero-order valence-electron chi connectivity index (χ0n) is 62.0. The van der Waals surface area contributed by atoms with E-state index < -0.39 is 26.2 Å². The summed E-state index contributed by atoms with van der Waals surface area (Å²) in [7, 11) is -3.17. The maximum atomic E-state index is 9.40. The summed E-state index contributed by atoms with van der Waals surface area (Å²) in [5, 5.41) is 5.19. The number of benzene rings is 10. The Balaban J connectivity index is 0.00000880. The van der Waals surface area contributed by atoms with Crippen LogP contribution in [0.3, 0.4) is 0 Å². The molecule has 0 fully saturated rings. The van der Waals surface area contributed by atoms with Crippen LogP contribution in [0.4, 0.5) is 39.9 Å². The van der Waals surface area contributed by atoms with E-state index in [9.17, 15) is 2.74 Å². The molecule has 0 saturated carbocycles. The molecule has 0 amide bonds. The van der Waals surface area contributed by atoms with Crippen LogP contribution in [0.25, 0.3) is 44.5 Å². The number of nitrogens with zero attached hydrogens (tertiary/aromatic N) is 4. The van der Waals surface area contributed by atoms with Crippen molar-refractivity contribution in [2.75, 3.05) is 14.7 Å². The van der Waals surface area contributed by atoms with Crippen molar-refractivity contribution in [3.63, 3.8) is 0 Å². The number of pyridine rings is 1. The van der Waals surface area contributed by atoms with Crippen LogP contribution in [0.2, 0.25) is 0 Å². The SMILES string of the molecule is [2H]c1c([2H])c([2H])c(-c2cccc(-c3cc(C(C)(C)C)cc(C(C)(C)C)c3)c2N2[CH-]N(c3[c-]c(Oc4[c-]c5c(cc4)[Si]4(c6ccc(C(C)(C)C)cc6-c6cc(C(C)(C)C)ccc64)c4ccccc4N5c4cc(C)c(-c5ccc(C(C)(C)C)cc5)cn4)ccc3)c3ccccc32)c([2H])c1[2H].[Pt]. The Labute approximate surface area is 581 Å². The Morgan fingerprint density at radius 1 is 0.426 bits per heavy atom. The zero-order valence-corrected chi connectivity index (χ0v) is 60.3. The molecule has 5 nitrogen and oxygen atoms in total. The fraction of sp³-hybridized carbons (Fsp3) is 0.241. The number of aromatic nitrogens is 1. The Hall–Kier alpha value is -8.54. The Kier molecular flexibility index (Phi) is 14.5. The molecule has 10 aromatic carbocycles. The molecule has 476 valence electrons. The maximum absolute atomic E-state index is 9.40. The Bertz CT molecular complexity index is 4940. The smallest absolute Gasteiger partial charge is 0.135 e. The number of hydrogen-bond acceptors (Lipinski definition) is 5. The van der Waals surface area contributed by atoms with Gasteiger partial charge in [-0.3, -0.25) is 0 Å². The van der Waals surface area contributed by atoms with Gasteiger partial charge in [0.1, 0.15) is 13.9 Å². The summed E-state index contributed by atoms with van der Waals surface area (Å²) >= 11 is 0. The minimum absolute atomic E-state index is 0. The summed E-state index contributed by atoms with van der Waals surface area (Å²) in [5.41, 5.74) is 18.9. The topological polar surface area (TPSA) is 31.8 Å². The predicted octanol–water partition coefficient (Wildman–Crippen LogP) is 20.8. The number of anilines is 7. The first-order valence-electron chi connectivity index (χ1n) is 35.2. The van der Waals surface area contributed by atoms with Crippen LogP contribution in [0.5, 0.6) is 11.5 Å². The number of ether oxygens (including phenoxy) is 1. The molecule has 94 heavy (non-hydrogen) atoms. The molecule has 4 heterocycles. The van der Waals surface area contributed by atoms with E-state index in [0.29, 0.717) is 28.4 Å². The molecule has 0 unspecified atom stereocenters. The molecule has 0 N–H and O–H groups in total. The van der Waals surface area contributed by atoms with E-state index >= 15 is 0 Å². The van der Waals surface area contributed by atoms with E-state index in [0.717, 1.165) is 67.5 Å². The second kappa shape index (κ2) is 23.4. The molecular formula is C87H85N4OPtSi-3. The standard InChI is InChI=1S/C87H85N4OSi.Pt/c1-56-46-81(88-54-72(56)58-36-38-60(39-37-58)83(2,3)4)91-75-34-22-23-35-79(75)93(77-43-40-61(84(5,6)7)50-70(77)71-51-62(85(8,9)10)41-44-78(71)93)80-45-42-67(53-76(80)91)92-66-29-24-28-65(52-66)89-55-90(74-33-21-20-32-73(74)89)82-68(57-26-18-17-19-27-57)30-25-31-69(82)59-47-63(86(11,12)13)49-64(48-59)87(14,15)16;/h17-51,54-55H,1-16H3;/q-3;/i17D,18D,19D,26D,27D;. The van der Waals surface area contributed by atoms with Gasteiger partial charge in [0.25, 0.3) is 0 Å². The molecule has 14 rings (SSSR count). The normalized spacial score (nSPS) is 14.8. The second-order valence-corrected chi connectivity index (χ2v) is 34.4. The van der Waals surface area contributed by atoms with Gasteiger partial charge < -0.3 is 19.4 Å². The molecule has 0 saturated heterocycles. The van der Waals surface area contributed by atoms with Crippen LogP contribution in [0.1, 0.15) is 144 Å². The zero-order chi connectivity index (χ0) is 69.7. The molecule has 11 aromatic rings. The molecular weight excluding hydrogens is 1340 g/mol. The third-order valence-electron chi connectivity index (χ3n) is 19.2. The van der Waals surface area contributed by atoms with Gasteiger partial charge in [-0.25, -0.2) is 4.98 Å². The molecule has 1 aromatic heterocycles. The quantitative estimate of drug-likeness (QED) is 0.112. The summed E-state index contributed by atoms with van der Waals surface area (Å²) < 4.78 is 52.4. The maximum Gasteiger partial charge on any atom is 0.135 e. The largest absolute Gasteiger partial charge is 0.509 e. The van der Waals surface area contributed by atoms with Gasteiger partial charge in [0.15, 0.2) is 0 Å². The number of fused-ring (bicyclic) bond motifs is 10. The minimum Gasteiger partial charge on any atom is -0.509 e. The van der Waals surface area contributed by atoms with Crippen molar-refractivity contribution in [3.05, 3.63) is 271 Å². The second-order valence-electron chi connectivity index (χ2n) is 30.7. The third-order valence-corrected chi connectivity index (χ3v) is 24.1. The van der Waals surface area contributed by atoms with E-state index in [1.807, 2.05) is 55.3 Å². The molecule has 3 aliphatic heterocycles. The fourth-order valence-corrected chi connectivity index (χ4v) is 19.4. The van der Waals surface area contributed by atoms with Gasteiger partial charge in [0.05, 0.1) is 6.85 Å². The van der Waals surface area contributed by atoms with Gasteiger partial charge >= 0.3 is 0 Å². The van der Waals surface area contributed by atoms with Crippen LogP contribution in [0, 0.1) is 25.7 Å². The predicted molar refractivity (Wildman–Crippen MR) is 395 cm³/mol. The van der Waals surface area contributed by atoms with Crippen molar-refractivity contribution in [2.24, 2.45) is 0 Å². The summed E-state index contributed by atoms with van der Waals surface area (Å²) in [4.78, 5) is 11.9. The minimum atomic E-state index is -3.17. The van der Waals surface area contributed by atoms with Gasteiger partial charge in [0.2, 0.25) is 0 Å². The molecule has 0 atom stereocenters. The van der Waals surface area contributed by atoms with Gasteiger partial charge in [-0.1, -0.05) is 267 Å². The molecule has 3 aliphatic rings. The van der Waals surface area contributed by atoms with E-state index in [1.165, 1.54) is 48.6 Å². The summed E-state index contributed by atoms with van der Waals surface area (Å²) in [6.45, 7) is 38.1. The van der Waals surface area contributed by atoms with Crippen LogP contribution in [-0.2, 0) is 48.1 Å². The first-order valence-corrected chi connectivity index (χ1v) is 34.7. The number of rotatable bonds is 8. The van der Waals surface area contributed by atoms with Gasteiger partial charge in [0, 0.05) is 78.2 Å². The third kappa shape index (κ3) is 11.2. The van der Waals surface area contributed by atoms with Crippen molar-refractivity contribution >= 4 is 68.8 Å². The van der Waals surface area contributed by atoms with E-state index in [-0.39, 0.29) is 65.8 Å². The van der Waals surface area contributed by atoms with Crippen LogP contribution < -0.4 is 40.2 Å². The Morgan fingerprint density at radius 3 is 1.53 bits per heavy atom. The van der Waals surface area contributed by atoms with E-state index in [1.54, 1.807) is 0 Å². The van der Waals surface area contributed by atoms with Gasteiger partial charge in [-0.2, -0.15) is 12.1 Å². The molecule has 1 spiro atoms. The Morgan fingerprint density at radius 2 is 0.947 bits per heavy atom. The monoisotopic (exact) mass is 1430 g/mol. The molecule has 0 radical (unpaired) electrons. The van der Waals surface area contributed by atoms with Crippen LogP contribution in [-0.4, -0.2) is 13.1 Å². The van der Waals surface area contributed by atoms with Gasteiger partial charge in [-0.05, 0) is 135 Å². The van der Waals surface area contributed by atoms with Crippen molar-refractivity contribution in [3.8, 4) is 56.0 Å². The molecule has 0 aliphatic carbocycles. The number of hydrogen-bond donors (Lipinski definition) is 0. The summed E-state index contributed by atoms with van der Waals surface area (Å²) in [6, 6.07) is 71.7. The first-order chi connectivity index (χ1) is 46.2. The molecule has 7 heteroatoms. The average molecular weight is 1430 g/mol. The summed E-state index contributed by atoms with van der Waals surface area (Å²) in [5.74, 6) is 1.77. The number of para-hydroxylation sites is 4. The van der Waals surface area contributed by atoms with Crippen LogP contribution >= 0.6 is 0 Å². The molecule has 0 bridgehead atoms. The average Bonchev–Trinajstić information content (AvgIpc) is 1.54. The van der Waals surface area contributed by atoms with Crippen molar-refractivity contribution in [2.45, 2.75) is 138 Å². The summed E-state index contributed by atoms with van der Waals surface area (Å²) in [6.07, 6.45) is 2.03. The fourth-order valence-electron chi connectivity index (χ4n) is 14.0. The first kappa shape index (κ1) is 58.1. The van der Waals surface area contributed by atoms with Crippen molar-refractivity contribution in [1.29, 1.82) is 0 Å².